The quantitative estimate of drug-likeness (QED) is 0.544. The molecule has 0 spiro atoms. The molecule has 5 nitrogen and oxygen atoms in total. The second-order valence-corrected chi connectivity index (χ2v) is 4.43. The van der Waals surface area contributed by atoms with E-state index in [9.17, 15) is 14.4 Å². The van der Waals surface area contributed by atoms with Crippen molar-refractivity contribution in [1.29, 1.82) is 0 Å². The van der Waals surface area contributed by atoms with Crippen molar-refractivity contribution in [3.8, 4) is 0 Å². The third-order valence-electron chi connectivity index (χ3n) is 3.37. The zero-order chi connectivity index (χ0) is 13.0. The molecule has 1 rings (SSSR count). The Balaban J connectivity index is 2.81. The second kappa shape index (κ2) is 5.80. The number of hydrogen-bond acceptors (Lipinski definition) is 5. The van der Waals surface area contributed by atoms with E-state index in [-0.39, 0.29) is 24.0 Å². The maximum Gasteiger partial charge on any atom is 0.320 e. The molecule has 17 heavy (non-hydrogen) atoms. The van der Waals surface area contributed by atoms with E-state index in [0.29, 0.717) is 12.8 Å². The molecule has 0 aromatic rings. The van der Waals surface area contributed by atoms with Gasteiger partial charge in [-0.3, -0.25) is 14.4 Å². The monoisotopic (exact) mass is 242 g/mol. The first-order valence-electron chi connectivity index (χ1n) is 5.69. The molecule has 1 aliphatic carbocycles. The predicted molar refractivity (Wildman–Crippen MR) is 59.0 cm³/mol. The molecule has 1 saturated carbocycles. The first kappa shape index (κ1) is 13.7. The van der Waals surface area contributed by atoms with Gasteiger partial charge in [0.15, 0.2) is 5.92 Å². The van der Waals surface area contributed by atoms with Gasteiger partial charge in [0.2, 0.25) is 0 Å². The zero-order valence-electron chi connectivity index (χ0n) is 10.4. The van der Waals surface area contributed by atoms with Gasteiger partial charge >= 0.3 is 11.9 Å². The summed E-state index contributed by atoms with van der Waals surface area (Å²) < 4.78 is 9.20. The van der Waals surface area contributed by atoms with Gasteiger partial charge in [-0.2, -0.15) is 0 Å². The van der Waals surface area contributed by atoms with Gasteiger partial charge in [0.25, 0.3) is 0 Å². The van der Waals surface area contributed by atoms with Crippen LogP contribution in [0.1, 0.15) is 26.2 Å². The molecule has 0 radical (unpaired) electrons. The van der Waals surface area contributed by atoms with E-state index in [1.165, 1.54) is 14.2 Å². The van der Waals surface area contributed by atoms with Gasteiger partial charge in [-0.05, 0) is 18.8 Å². The van der Waals surface area contributed by atoms with Crippen LogP contribution in [0.3, 0.4) is 0 Å². The minimum absolute atomic E-state index is 0.0159. The summed E-state index contributed by atoms with van der Waals surface area (Å²) in [7, 11) is 2.46. The van der Waals surface area contributed by atoms with Crippen LogP contribution in [0.2, 0.25) is 0 Å². The normalized spacial score (nSPS) is 24.6. The molecule has 0 aromatic carbocycles. The molecule has 0 unspecified atom stereocenters. The van der Waals surface area contributed by atoms with E-state index >= 15 is 0 Å². The number of ether oxygens (including phenoxy) is 2. The number of methoxy groups -OCH3 is 2. The van der Waals surface area contributed by atoms with Crippen LogP contribution in [-0.2, 0) is 23.9 Å². The van der Waals surface area contributed by atoms with Gasteiger partial charge in [-0.25, -0.2) is 0 Å². The van der Waals surface area contributed by atoms with Crippen molar-refractivity contribution in [3.63, 3.8) is 0 Å². The van der Waals surface area contributed by atoms with Crippen molar-refractivity contribution < 1.29 is 23.9 Å². The molecule has 0 aromatic heterocycles. The van der Waals surface area contributed by atoms with Crippen LogP contribution in [0.25, 0.3) is 0 Å². The molecular weight excluding hydrogens is 224 g/mol. The number of rotatable bonds is 3. The Labute approximate surface area is 100 Å². The average molecular weight is 242 g/mol. The molecule has 0 aliphatic heterocycles. The number of esters is 2. The van der Waals surface area contributed by atoms with E-state index in [2.05, 4.69) is 9.47 Å². The molecule has 1 aliphatic rings. The minimum atomic E-state index is -0.971. The highest BCUT2D eigenvalue weighted by Gasteiger charge is 2.40. The minimum Gasteiger partial charge on any atom is -0.468 e. The highest BCUT2D eigenvalue weighted by Crippen LogP contribution is 2.32. The van der Waals surface area contributed by atoms with Crippen molar-refractivity contribution >= 4 is 17.7 Å². The summed E-state index contributed by atoms with van der Waals surface area (Å²) in [6, 6.07) is 0. The predicted octanol–water partition coefficient (Wildman–Crippen LogP) is 0.954. The van der Waals surface area contributed by atoms with Crippen LogP contribution < -0.4 is 0 Å². The van der Waals surface area contributed by atoms with Crippen LogP contribution in [0.15, 0.2) is 0 Å². The molecule has 0 heterocycles. The van der Waals surface area contributed by atoms with Gasteiger partial charge < -0.3 is 9.47 Å². The average Bonchev–Trinajstić information content (AvgIpc) is 2.33. The lowest BCUT2D eigenvalue weighted by atomic mass is 9.75. The Kier molecular flexibility index (Phi) is 4.66. The van der Waals surface area contributed by atoms with Crippen LogP contribution >= 0.6 is 0 Å². The Morgan fingerprint density at radius 1 is 1.18 bits per heavy atom. The van der Waals surface area contributed by atoms with E-state index in [1.54, 1.807) is 0 Å². The maximum atomic E-state index is 11.6. The summed E-state index contributed by atoms with van der Waals surface area (Å²) in [5.74, 6) is -2.39. The summed E-state index contributed by atoms with van der Waals surface area (Å²) in [6.45, 7) is 1.86. The van der Waals surface area contributed by atoms with Crippen molar-refractivity contribution in [3.05, 3.63) is 0 Å². The van der Waals surface area contributed by atoms with Crippen molar-refractivity contribution in [2.24, 2.45) is 17.8 Å². The molecule has 0 amide bonds. The molecule has 2 atom stereocenters. The third kappa shape index (κ3) is 3.05. The Bertz CT molecular complexity index is 307. The molecule has 5 heteroatoms. The number of ketones is 1. The van der Waals surface area contributed by atoms with Crippen molar-refractivity contribution in [2.75, 3.05) is 14.2 Å². The van der Waals surface area contributed by atoms with Crippen LogP contribution in [0, 0.1) is 17.8 Å². The second-order valence-electron chi connectivity index (χ2n) is 4.43. The SMILES string of the molecule is COC(=O)C(C(=O)OC)[C@@H]1CC[C@@H](C)C(=O)C1. The highest BCUT2D eigenvalue weighted by atomic mass is 16.5. The Morgan fingerprint density at radius 3 is 2.12 bits per heavy atom. The van der Waals surface area contributed by atoms with Crippen LogP contribution in [0.5, 0.6) is 0 Å². The van der Waals surface area contributed by atoms with Crippen LogP contribution in [-0.4, -0.2) is 31.9 Å². The van der Waals surface area contributed by atoms with Gasteiger partial charge in [0, 0.05) is 12.3 Å². The first-order valence-corrected chi connectivity index (χ1v) is 5.69. The fraction of sp³-hybridized carbons (Fsp3) is 0.750. The number of Topliss-reactive ketones (excluding diaryl/α,β-unsaturated/α-hetero) is 1. The number of carbonyl (C=O) groups is 3. The molecule has 0 bridgehead atoms. The molecule has 1 fully saturated rings. The van der Waals surface area contributed by atoms with Crippen molar-refractivity contribution in [1.82, 2.24) is 0 Å². The molecule has 0 N–H and O–H groups in total. The van der Waals surface area contributed by atoms with E-state index in [0.717, 1.165) is 0 Å². The molecular formula is C12H18O5. The summed E-state index contributed by atoms with van der Waals surface area (Å²) in [4.78, 5) is 34.8. The van der Waals surface area contributed by atoms with E-state index in [4.69, 9.17) is 0 Å². The third-order valence-corrected chi connectivity index (χ3v) is 3.37. The summed E-state index contributed by atoms with van der Waals surface area (Å²) in [6.07, 6.45) is 1.62. The van der Waals surface area contributed by atoms with Gasteiger partial charge in [-0.1, -0.05) is 6.92 Å². The van der Waals surface area contributed by atoms with Gasteiger partial charge in [0.05, 0.1) is 14.2 Å². The van der Waals surface area contributed by atoms with Gasteiger partial charge in [0.1, 0.15) is 5.78 Å². The largest absolute Gasteiger partial charge is 0.468 e. The highest BCUT2D eigenvalue weighted by molar-refractivity contribution is 5.96. The summed E-state index contributed by atoms with van der Waals surface area (Å²) in [5, 5.41) is 0. The lowest BCUT2D eigenvalue weighted by molar-refractivity contribution is -0.162. The lowest BCUT2D eigenvalue weighted by Crippen LogP contribution is -2.37. The number of carbonyl (C=O) groups excluding carboxylic acids is 3. The van der Waals surface area contributed by atoms with Crippen molar-refractivity contribution in [2.45, 2.75) is 26.2 Å². The fourth-order valence-corrected chi connectivity index (χ4v) is 2.21. The zero-order valence-corrected chi connectivity index (χ0v) is 10.4. The molecule has 0 saturated heterocycles. The lowest BCUT2D eigenvalue weighted by Gasteiger charge is -2.28. The van der Waals surface area contributed by atoms with Gasteiger partial charge in [-0.15, -0.1) is 0 Å². The maximum absolute atomic E-state index is 11.6. The van der Waals surface area contributed by atoms with E-state index < -0.39 is 17.9 Å². The van der Waals surface area contributed by atoms with E-state index in [1.807, 2.05) is 6.92 Å². The van der Waals surface area contributed by atoms with Crippen LogP contribution in [0.4, 0.5) is 0 Å². The first-order chi connectivity index (χ1) is 8.01. The Morgan fingerprint density at radius 2 is 1.71 bits per heavy atom. The summed E-state index contributed by atoms with van der Waals surface area (Å²) in [5.41, 5.74) is 0. The molecule has 96 valence electrons. The number of hydrogen-bond donors (Lipinski definition) is 0. The summed E-state index contributed by atoms with van der Waals surface area (Å²) >= 11 is 0. The standard InChI is InChI=1S/C12H18O5/c1-7-4-5-8(6-9(7)13)10(11(14)16-2)12(15)17-3/h7-8,10H,4-6H2,1-3H3/t7-,8-/m1/s1. The Hall–Kier alpha value is -1.39. The smallest absolute Gasteiger partial charge is 0.320 e. The fourth-order valence-electron chi connectivity index (χ4n) is 2.21. The topological polar surface area (TPSA) is 69.7 Å².